The maximum absolute atomic E-state index is 5.83. The van der Waals surface area contributed by atoms with Gasteiger partial charge in [0, 0.05) is 5.56 Å². The average molecular weight is 275 g/mol. The Morgan fingerprint density at radius 2 is 2.00 bits per heavy atom. The lowest BCUT2D eigenvalue weighted by molar-refractivity contribution is 0.282. The molecule has 0 unspecified atom stereocenters. The SMILES string of the molecule is CCc1ccc(OCc2cc(CN)oc2C)c(OC)c1. The van der Waals surface area contributed by atoms with Crippen LogP contribution in [0.25, 0.3) is 0 Å². The molecule has 20 heavy (non-hydrogen) atoms. The van der Waals surface area contributed by atoms with E-state index in [-0.39, 0.29) is 0 Å². The minimum absolute atomic E-state index is 0.398. The van der Waals surface area contributed by atoms with Gasteiger partial charge in [0.1, 0.15) is 18.1 Å². The summed E-state index contributed by atoms with van der Waals surface area (Å²) in [6.45, 7) is 4.86. The van der Waals surface area contributed by atoms with Gasteiger partial charge in [-0.1, -0.05) is 13.0 Å². The van der Waals surface area contributed by atoms with E-state index in [1.807, 2.05) is 31.2 Å². The van der Waals surface area contributed by atoms with Gasteiger partial charge in [0.25, 0.3) is 0 Å². The number of hydrogen-bond donors (Lipinski definition) is 1. The molecule has 0 aliphatic carbocycles. The van der Waals surface area contributed by atoms with E-state index in [2.05, 4.69) is 6.92 Å². The standard InChI is InChI=1S/C16H21NO3/c1-4-12-5-6-15(16(7-12)18-3)19-10-13-8-14(9-17)20-11(13)2/h5-8H,4,9-10,17H2,1-3H3. The van der Waals surface area contributed by atoms with Crippen molar-refractivity contribution >= 4 is 0 Å². The molecular formula is C16H21NO3. The number of hydrogen-bond acceptors (Lipinski definition) is 4. The molecule has 0 aliphatic heterocycles. The Balaban J connectivity index is 2.11. The molecule has 1 aromatic heterocycles. The maximum Gasteiger partial charge on any atom is 0.161 e. The average Bonchev–Trinajstić information content (AvgIpc) is 2.85. The third-order valence-corrected chi connectivity index (χ3v) is 3.29. The van der Waals surface area contributed by atoms with Gasteiger partial charge in [0.15, 0.2) is 11.5 Å². The van der Waals surface area contributed by atoms with Crippen LogP contribution in [0, 0.1) is 6.92 Å². The topological polar surface area (TPSA) is 57.6 Å². The summed E-state index contributed by atoms with van der Waals surface area (Å²) >= 11 is 0. The van der Waals surface area contributed by atoms with Crippen LogP contribution in [0.5, 0.6) is 11.5 Å². The van der Waals surface area contributed by atoms with Crippen molar-refractivity contribution in [2.75, 3.05) is 7.11 Å². The number of aryl methyl sites for hydroxylation is 2. The van der Waals surface area contributed by atoms with E-state index in [9.17, 15) is 0 Å². The molecule has 1 aromatic carbocycles. The van der Waals surface area contributed by atoms with E-state index in [1.54, 1.807) is 7.11 Å². The van der Waals surface area contributed by atoms with E-state index in [0.717, 1.165) is 35.0 Å². The predicted octanol–water partition coefficient (Wildman–Crippen LogP) is 3.20. The Morgan fingerprint density at radius 3 is 2.60 bits per heavy atom. The minimum Gasteiger partial charge on any atom is -0.493 e. The molecule has 0 saturated carbocycles. The molecule has 0 amide bonds. The van der Waals surface area contributed by atoms with Crippen LogP contribution >= 0.6 is 0 Å². The fourth-order valence-electron chi connectivity index (χ4n) is 2.04. The van der Waals surface area contributed by atoms with Gasteiger partial charge in [0.2, 0.25) is 0 Å². The summed E-state index contributed by atoms with van der Waals surface area (Å²) in [7, 11) is 1.65. The number of nitrogens with two attached hydrogens (primary N) is 1. The van der Waals surface area contributed by atoms with Gasteiger partial charge < -0.3 is 19.6 Å². The molecule has 0 aliphatic rings. The smallest absolute Gasteiger partial charge is 0.161 e. The molecule has 108 valence electrons. The van der Waals surface area contributed by atoms with Gasteiger partial charge in [-0.25, -0.2) is 0 Å². The van der Waals surface area contributed by atoms with E-state index in [0.29, 0.717) is 13.2 Å². The van der Waals surface area contributed by atoms with Gasteiger partial charge in [-0.05, 0) is 37.1 Å². The quantitative estimate of drug-likeness (QED) is 0.879. The van der Waals surface area contributed by atoms with E-state index in [4.69, 9.17) is 19.6 Å². The lowest BCUT2D eigenvalue weighted by atomic mass is 10.1. The zero-order chi connectivity index (χ0) is 14.5. The molecular weight excluding hydrogens is 254 g/mol. The Kier molecular flexibility index (Phi) is 4.69. The number of rotatable bonds is 6. The Bertz CT molecular complexity index is 575. The highest BCUT2D eigenvalue weighted by Crippen LogP contribution is 2.29. The van der Waals surface area contributed by atoms with Crippen molar-refractivity contribution in [3.05, 3.63) is 46.9 Å². The highest BCUT2D eigenvalue weighted by atomic mass is 16.5. The van der Waals surface area contributed by atoms with Crippen molar-refractivity contribution < 1.29 is 13.9 Å². The molecule has 0 atom stereocenters. The summed E-state index contributed by atoms with van der Waals surface area (Å²) in [4.78, 5) is 0. The first-order chi connectivity index (χ1) is 9.67. The summed E-state index contributed by atoms with van der Waals surface area (Å²) < 4.78 is 16.7. The van der Waals surface area contributed by atoms with Crippen LogP contribution in [0.3, 0.4) is 0 Å². The Morgan fingerprint density at radius 1 is 1.20 bits per heavy atom. The molecule has 0 spiro atoms. The summed E-state index contributed by atoms with van der Waals surface area (Å²) in [5.74, 6) is 3.10. The summed E-state index contributed by atoms with van der Waals surface area (Å²) in [6.07, 6.45) is 0.970. The summed E-state index contributed by atoms with van der Waals surface area (Å²) in [6, 6.07) is 7.92. The number of ether oxygens (including phenoxy) is 2. The third-order valence-electron chi connectivity index (χ3n) is 3.29. The predicted molar refractivity (Wildman–Crippen MR) is 78.0 cm³/mol. The van der Waals surface area contributed by atoms with Crippen molar-refractivity contribution in [3.8, 4) is 11.5 Å². The van der Waals surface area contributed by atoms with Crippen LogP contribution < -0.4 is 15.2 Å². The summed E-state index contributed by atoms with van der Waals surface area (Å²) in [5.41, 5.74) is 7.79. The van der Waals surface area contributed by atoms with Gasteiger partial charge in [-0.15, -0.1) is 0 Å². The molecule has 4 nitrogen and oxygen atoms in total. The lowest BCUT2D eigenvalue weighted by Crippen LogP contribution is -1.98. The normalized spacial score (nSPS) is 10.6. The van der Waals surface area contributed by atoms with Crippen LogP contribution in [0.4, 0.5) is 0 Å². The van der Waals surface area contributed by atoms with Gasteiger partial charge in [-0.2, -0.15) is 0 Å². The van der Waals surface area contributed by atoms with Crippen molar-refractivity contribution in [1.82, 2.24) is 0 Å². The van der Waals surface area contributed by atoms with Gasteiger partial charge in [-0.3, -0.25) is 0 Å². The number of furan rings is 1. The van der Waals surface area contributed by atoms with Crippen molar-refractivity contribution in [2.45, 2.75) is 33.4 Å². The van der Waals surface area contributed by atoms with Gasteiger partial charge in [0.05, 0.1) is 13.7 Å². The second-order valence-electron chi connectivity index (χ2n) is 4.63. The fraction of sp³-hybridized carbons (Fsp3) is 0.375. The lowest BCUT2D eigenvalue weighted by Gasteiger charge is -2.11. The monoisotopic (exact) mass is 275 g/mol. The molecule has 0 bridgehead atoms. The highest BCUT2D eigenvalue weighted by Gasteiger charge is 2.10. The Hall–Kier alpha value is -1.94. The van der Waals surface area contributed by atoms with Crippen LogP contribution in [0.1, 0.15) is 29.6 Å². The zero-order valence-corrected chi connectivity index (χ0v) is 12.2. The van der Waals surface area contributed by atoms with Crippen LogP contribution in [0.15, 0.2) is 28.7 Å². The first-order valence-corrected chi connectivity index (χ1v) is 6.75. The minimum atomic E-state index is 0.398. The largest absolute Gasteiger partial charge is 0.493 e. The molecule has 4 heteroatoms. The van der Waals surface area contributed by atoms with Crippen LogP contribution in [-0.2, 0) is 19.6 Å². The highest BCUT2D eigenvalue weighted by molar-refractivity contribution is 5.43. The molecule has 1 heterocycles. The van der Waals surface area contributed by atoms with E-state index < -0.39 is 0 Å². The fourth-order valence-corrected chi connectivity index (χ4v) is 2.04. The Labute approximate surface area is 119 Å². The zero-order valence-electron chi connectivity index (χ0n) is 12.2. The molecule has 0 saturated heterocycles. The third kappa shape index (κ3) is 3.14. The molecule has 0 radical (unpaired) electrons. The number of methoxy groups -OCH3 is 1. The molecule has 0 fully saturated rings. The second-order valence-corrected chi connectivity index (χ2v) is 4.63. The van der Waals surface area contributed by atoms with Crippen LogP contribution in [0.2, 0.25) is 0 Å². The molecule has 2 N–H and O–H groups in total. The van der Waals surface area contributed by atoms with Crippen molar-refractivity contribution in [2.24, 2.45) is 5.73 Å². The van der Waals surface area contributed by atoms with E-state index in [1.165, 1.54) is 5.56 Å². The van der Waals surface area contributed by atoms with Crippen LogP contribution in [-0.4, -0.2) is 7.11 Å². The second kappa shape index (κ2) is 6.48. The van der Waals surface area contributed by atoms with E-state index >= 15 is 0 Å². The first-order valence-electron chi connectivity index (χ1n) is 6.75. The van der Waals surface area contributed by atoms with Crippen molar-refractivity contribution in [3.63, 3.8) is 0 Å². The van der Waals surface area contributed by atoms with Gasteiger partial charge >= 0.3 is 0 Å². The molecule has 2 rings (SSSR count). The number of benzene rings is 1. The molecule has 2 aromatic rings. The first kappa shape index (κ1) is 14.5. The van der Waals surface area contributed by atoms with Crippen molar-refractivity contribution in [1.29, 1.82) is 0 Å². The summed E-state index contributed by atoms with van der Waals surface area (Å²) in [5, 5.41) is 0. The maximum atomic E-state index is 5.83.